The summed E-state index contributed by atoms with van der Waals surface area (Å²) in [7, 11) is 0. The lowest BCUT2D eigenvalue weighted by molar-refractivity contribution is -0.116. The molecule has 0 aliphatic carbocycles. The molecule has 0 spiro atoms. The molecule has 4 rings (SSSR count). The minimum absolute atomic E-state index is 0.00973. The molecule has 9 heteroatoms. The number of piperidine rings is 1. The first-order valence-corrected chi connectivity index (χ1v) is 11.4. The van der Waals surface area contributed by atoms with Crippen molar-refractivity contribution in [3.05, 3.63) is 30.4 Å². The molecule has 1 unspecified atom stereocenters. The first kappa shape index (κ1) is 22.4. The molecule has 2 aromatic heterocycles. The largest absolute Gasteiger partial charge is 0.491 e. The van der Waals surface area contributed by atoms with Crippen LogP contribution >= 0.6 is 0 Å². The molecular formula is C23H32N6O3. The molecule has 2 fully saturated rings. The second-order valence-electron chi connectivity index (χ2n) is 8.55. The third kappa shape index (κ3) is 6.61. The van der Waals surface area contributed by atoms with Gasteiger partial charge in [-0.05, 0) is 51.6 Å². The lowest BCUT2D eigenvalue weighted by atomic mass is 9.93. The first-order valence-electron chi connectivity index (χ1n) is 11.4. The Labute approximate surface area is 188 Å². The van der Waals surface area contributed by atoms with Crippen molar-refractivity contribution in [2.45, 2.75) is 39.0 Å². The van der Waals surface area contributed by atoms with Crippen LogP contribution in [-0.4, -0.2) is 53.8 Å². The average molecular weight is 441 g/mol. The highest BCUT2D eigenvalue weighted by Gasteiger charge is 2.19. The highest BCUT2D eigenvalue weighted by molar-refractivity contribution is 5.92. The summed E-state index contributed by atoms with van der Waals surface area (Å²) >= 11 is 0. The van der Waals surface area contributed by atoms with E-state index < -0.39 is 0 Å². The van der Waals surface area contributed by atoms with Crippen LogP contribution in [0.2, 0.25) is 0 Å². The highest BCUT2D eigenvalue weighted by Crippen LogP contribution is 2.29. The first-order chi connectivity index (χ1) is 15.7. The molecule has 1 atom stereocenters. The van der Waals surface area contributed by atoms with E-state index in [1.807, 2.05) is 6.92 Å². The lowest BCUT2D eigenvalue weighted by Gasteiger charge is -2.22. The van der Waals surface area contributed by atoms with Gasteiger partial charge in [0.15, 0.2) is 0 Å². The van der Waals surface area contributed by atoms with Gasteiger partial charge >= 0.3 is 0 Å². The van der Waals surface area contributed by atoms with Gasteiger partial charge in [-0.25, -0.2) is 9.97 Å². The summed E-state index contributed by atoms with van der Waals surface area (Å²) in [5, 5.41) is 9.50. The number of rotatable bonds is 9. The number of ether oxygens (including phenoxy) is 2. The topological polar surface area (TPSA) is 110 Å². The van der Waals surface area contributed by atoms with Crippen molar-refractivity contribution in [2.75, 3.05) is 43.5 Å². The maximum absolute atomic E-state index is 12.6. The van der Waals surface area contributed by atoms with Gasteiger partial charge in [0, 0.05) is 25.0 Å². The zero-order valence-electron chi connectivity index (χ0n) is 18.6. The van der Waals surface area contributed by atoms with E-state index in [1.165, 1.54) is 0 Å². The van der Waals surface area contributed by atoms with E-state index in [0.29, 0.717) is 54.5 Å². The van der Waals surface area contributed by atoms with Gasteiger partial charge < -0.3 is 25.4 Å². The summed E-state index contributed by atoms with van der Waals surface area (Å²) in [6.45, 7) is 5.97. The minimum Gasteiger partial charge on any atom is -0.491 e. The van der Waals surface area contributed by atoms with E-state index in [9.17, 15) is 4.79 Å². The van der Waals surface area contributed by atoms with Gasteiger partial charge in [-0.2, -0.15) is 0 Å². The third-order valence-corrected chi connectivity index (χ3v) is 5.91. The Morgan fingerprint density at radius 1 is 1.12 bits per heavy atom. The van der Waals surface area contributed by atoms with E-state index in [4.69, 9.17) is 9.47 Å². The Morgan fingerprint density at radius 3 is 2.72 bits per heavy atom. The van der Waals surface area contributed by atoms with Crippen molar-refractivity contribution < 1.29 is 14.3 Å². The van der Waals surface area contributed by atoms with Crippen LogP contribution in [0.15, 0.2) is 24.7 Å². The van der Waals surface area contributed by atoms with E-state index in [1.54, 1.807) is 24.7 Å². The lowest BCUT2D eigenvalue weighted by Crippen LogP contribution is -2.28. The molecule has 0 radical (unpaired) electrons. The van der Waals surface area contributed by atoms with Crippen molar-refractivity contribution in [1.29, 1.82) is 0 Å². The fourth-order valence-corrected chi connectivity index (χ4v) is 3.95. The number of anilines is 3. The number of nitrogens with one attached hydrogen (secondary N) is 3. The van der Waals surface area contributed by atoms with Crippen molar-refractivity contribution in [3.8, 4) is 5.75 Å². The predicted octanol–water partition coefficient (Wildman–Crippen LogP) is 3.06. The van der Waals surface area contributed by atoms with Crippen molar-refractivity contribution in [1.82, 2.24) is 20.3 Å². The van der Waals surface area contributed by atoms with E-state index in [2.05, 4.69) is 30.9 Å². The van der Waals surface area contributed by atoms with Gasteiger partial charge in [-0.15, -0.1) is 0 Å². The van der Waals surface area contributed by atoms with Crippen LogP contribution in [0, 0.1) is 18.8 Å². The molecule has 0 saturated carbocycles. The number of aryl methyl sites for hydroxylation is 1. The normalized spacial score (nSPS) is 19.0. The molecular weight excluding hydrogens is 408 g/mol. The summed E-state index contributed by atoms with van der Waals surface area (Å²) in [4.78, 5) is 25.6. The third-order valence-electron chi connectivity index (χ3n) is 5.91. The Morgan fingerprint density at radius 2 is 1.97 bits per heavy atom. The molecule has 2 aliphatic rings. The second-order valence-corrected chi connectivity index (χ2v) is 8.55. The molecule has 1 amide bonds. The number of hydrogen-bond acceptors (Lipinski definition) is 8. The summed E-state index contributed by atoms with van der Waals surface area (Å²) in [5.41, 5.74) is 1.42. The second kappa shape index (κ2) is 11.2. The van der Waals surface area contributed by atoms with E-state index >= 15 is 0 Å². The quantitative estimate of drug-likeness (QED) is 0.546. The van der Waals surface area contributed by atoms with Crippen molar-refractivity contribution in [3.63, 3.8) is 0 Å². The molecule has 2 saturated heterocycles. The summed E-state index contributed by atoms with van der Waals surface area (Å²) < 4.78 is 11.5. The number of aromatic nitrogens is 3. The molecule has 0 aromatic carbocycles. The maximum Gasteiger partial charge on any atom is 0.224 e. The predicted molar refractivity (Wildman–Crippen MR) is 122 cm³/mol. The van der Waals surface area contributed by atoms with Crippen LogP contribution in [0.1, 0.15) is 37.8 Å². The highest BCUT2D eigenvalue weighted by atomic mass is 16.5. The van der Waals surface area contributed by atoms with E-state index in [0.717, 1.165) is 51.1 Å². The fraction of sp³-hybridized carbons (Fsp3) is 0.565. The van der Waals surface area contributed by atoms with Gasteiger partial charge in [0.1, 0.15) is 23.1 Å². The number of nitrogens with zero attached hydrogens (tertiary/aromatic N) is 3. The smallest absolute Gasteiger partial charge is 0.224 e. The van der Waals surface area contributed by atoms with Crippen LogP contribution in [-0.2, 0) is 9.53 Å². The molecule has 3 N–H and O–H groups in total. The monoisotopic (exact) mass is 440 g/mol. The van der Waals surface area contributed by atoms with Crippen LogP contribution in [0.5, 0.6) is 5.75 Å². The molecule has 172 valence electrons. The number of hydrogen-bond donors (Lipinski definition) is 3. The Kier molecular flexibility index (Phi) is 7.84. The molecule has 2 aromatic rings. The van der Waals surface area contributed by atoms with Crippen molar-refractivity contribution in [2.24, 2.45) is 11.8 Å². The number of carbonyl (C=O) groups is 1. The average Bonchev–Trinajstić information content (AvgIpc) is 3.34. The minimum atomic E-state index is -0.00973. The number of pyridine rings is 1. The van der Waals surface area contributed by atoms with Gasteiger partial charge in [0.25, 0.3) is 0 Å². The van der Waals surface area contributed by atoms with E-state index in [-0.39, 0.29) is 5.91 Å². The summed E-state index contributed by atoms with van der Waals surface area (Å²) in [6.07, 6.45) is 9.63. The van der Waals surface area contributed by atoms with Crippen molar-refractivity contribution >= 4 is 23.2 Å². The Bertz CT molecular complexity index is 880. The standard InChI is InChI=1S/C23H32N6O3/c1-16-11-26-22(13-25-16)29-21-10-20(32-15-18-6-9-31-14-18)19(12-27-21)28-23(30)3-2-17-4-7-24-8-5-17/h10-13,17-18,24H,2-9,14-15H2,1H3,(H,28,30)(H,26,27,29). The molecule has 2 aliphatic heterocycles. The number of carbonyl (C=O) groups excluding carboxylic acids is 1. The van der Waals surface area contributed by atoms with Crippen LogP contribution in [0.4, 0.5) is 17.3 Å². The van der Waals surface area contributed by atoms with Gasteiger partial charge in [-0.3, -0.25) is 9.78 Å². The van der Waals surface area contributed by atoms with Crippen LogP contribution in [0.25, 0.3) is 0 Å². The SMILES string of the molecule is Cc1cnc(Nc2cc(OCC3CCOC3)c(NC(=O)CCC3CCNCC3)cn2)cn1. The fourth-order valence-electron chi connectivity index (χ4n) is 3.95. The van der Waals surface area contributed by atoms with Crippen LogP contribution in [0.3, 0.4) is 0 Å². The summed E-state index contributed by atoms with van der Waals surface area (Å²) in [6, 6.07) is 1.79. The molecule has 9 nitrogen and oxygen atoms in total. The Hall–Kier alpha value is -2.78. The molecule has 32 heavy (non-hydrogen) atoms. The van der Waals surface area contributed by atoms with Crippen LogP contribution < -0.4 is 20.7 Å². The molecule has 0 bridgehead atoms. The number of amides is 1. The maximum atomic E-state index is 12.6. The van der Waals surface area contributed by atoms with Gasteiger partial charge in [0.05, 0.1) is 37.5 Å². The molecule has 4 heterocycles. The Balaban J connectivity index is 1.41. The van der Waals surface area contributed by atoms with Gasteiger partial charge in [-0.1, -0.05) is 0 Å². The van der Waals surface area contributed by atoms with Gasteiger partial charge in [0.2, 0.25) is 5.91 Å². The zero-order chi connectivity index (χ0) is 22.2. The summed E-state index contributed by atoms with van der Waals surface area (Å²) in [5.74, 6) is 2.71. The zero-order valence-corrected chi connectivity index (χ0v) is 18.6.